The second-order valence-electron chi connectivity index (χ2n) is 13.4. The van der Waals surface area contributed by atoms with Gasteiger partial charge in [-0.2, -0.15) is 44.5 Å². The van der Waals surface area contributed by atoms with Crippen LogP contribution < -0.4 is 22.5 Å². The number of ether oxygens (including phenoxy) is 1. The third-order valence-corrected chi connectivity index (χ3v) is 9.89. The number of nitrogen functional groups attached to an aromatic ring is 3. The summed E-state index contributed by atoms with van der Waals surface area (Å²) < 4.78 is 113. The van der Waals surface area contributed by atoms with Gasteiger partial charge in [0, 0.05) is 61.8 Å². The van der Waals surface area contributed by atoms with Crippen LogP contribution >= 0.6 is 58.0 Å². The maximum Gasteiger partial charge on any atom is 0.421 e. The van der Waals surface area contributed by atoms with E-state index >= 15 is 0 Å². The van der Waals surface area contributed by atoms with Gasteiger partial charge < -0.3 is 27.3 Å². The second kappa shape index (κ2) is 23.1. The molecule has 1 saturated heterocycles. The number of rotatable bonds is 6. The van der Waals surface area contributed by atoms with Crippen LogP contribution in [-0.2, 0) is 29.7 Å². The van der Waals surface area contributed by atoms with Crippen molar-refractivity contribution in [2.24, 2.45) is 0 Å². The van der Waals surface area contributed by atoms with Gasteiger partial charge in [-0.25, -0.2) is 34.9 Å². The summed E-state index contributed by atoms with van der Waals surface area (Å²) in [5.74, 6) is 0.0214. The predicted octanol–water partition coefficient (Wildman–Crippen LogP) is 9.88. The van der Waals surface area contributed by atoms with Gasteiger partial charge in [0.2, 0.25) is 22.5 Å². The molecule has 1 aliphatic rings. The van der Waals surface area contributed by atoms with Gasteiger partial charge in [-0.1, -0.05) is 46.9 Å². The van der Waals surface area contributed by atoms with Crippen LogP contribution in [-0.4, -0.2) is 82.6 Å². The van der Waals surface area contributed by atoms with Crippen LogP contribution in [0.3, 0.4) is 0 Å². The molecule has 29 heteroatoms. The van der Waals surface area contributed by atoms with Gasteiger partial charge >= 0.3 is 18.5 Å². The Balaban J connectivity index is 0.000000218. The highest BCUT2D eigenvalue weighted by molar-refractivity contribution is 6.35. The fourth-order valence-corrected chi connectivity index (χ4v) is 6.51. The van der Waals surface area contributed by atoms with Gasteiger partial charge in [0.1, 0.15) is 38.6 Å². The van der Waals surface area contributed by atoms with E-state index in [1.165, 1.54) is 0 Å². The summed E-state index contributed by atoms with van der Waals surface area (Å²) in [5.41, 5.74) is 15.4. The standard InChI is InChI=1S/C22H27ClN6O.C5HCl2F3N2.2C5H3ClF3N3/c1-14-13-25-22(24)28-21(14)26-15(2)19-12-16-4-3-5-17(23)20(16)18(27-19)6-7-29-8-10-30-11-9-29;6-3-2(5(8,9)10)1-11-4(7)12-3;6-4-11-1-2(3(10)12-4)5(7,8)9;6-3-2(5(7,8)9)1-11-4(10)12-3/h3-5,12-13,15H,6-11H2,1-2H3,(H3,24,25,26,28);1H;2*1H,(H2,10,11,12)/t15-;;;/m0.../s1. The quantitative estimate of drug-likeness (QED) is 0.0693. The molecule has 0 unspecified atom stereocenters. The molecule has 66 heavy (non-hydrogen) atoms. The molecular formula is C37H34Cl5F9N14O. The SMILES string of the molecule is Cc1cnc(N)nc1N[C@@H](C)c1cc2cccc(Cl)c2c(CCN2CCOCC2)n1.FC(F)(F)c1cnc(Cl)nc1Cl.Nc1nc(Cl)ncc1C(F)(F)F.Nc1ncc(C(F)(F)F)c(Cl)n1. The first kappa shape index (κ1) is 53.5. The molecule has 1 atom stereocenters. The van der Waals surface area contributed by atoms with E-state index in [0.29, 0.717) is 18.6 Å². The minimum absolute atomic E-state index is 0.0523. The van der Waals surface area contributed by atoms with E-state index in [2.05, 4.69) is 69.1 Å². The van der Waals surface area contributed by atoms with Crippen molar-refractivity contribution in [2.45, 2.75) is 44.8 Å². The van der Waals surface area contributed by atoms with E-state index < -0.39 is 51.3 Å². The number of pyridine rings is 1. The third kappa shape index (κ3) is 15.8. The number of aryl methyl sites for hydroxylation is 1. The zero-order chi connectivity index (χ0) is 49.1. The maximum atomic E-state index is 12.0. The van der Waals surface area contributed by atoms with Gasteiger partial charge in [0.15, 0.2) is 0 Å². The average molecular weight is 1040 g/mol. The first-order valence-electron chi connectivity index (χ1n) is 18.4. The Morgan fingerprint density at radius 1 is 0.697 bits per heavy atom. The Hall–Kier alpha value is -5.11. The van der Waals surface area contributed by atoms with Crippen molar-refractivity contribution < 1.29 is 44.3 Å². The van der Waals surface area contributed by atoms with Crippen LogP contribution in [0.2, 0.25) is 25.9 Å². The van der Waals surface area contributed by atoms with E-state index in [9.17, 15) is 39.5 Å². The summed E-state index contributed by atoms with van der Waals surface area (Å²) >= 11 is 27.3. The number of benzene rings is 1. The summed E-state index contributed by atoms with van der Waals surface area (Å²) in [7, 11) is 0. The van der Waals surface area contributed by atoms with Gasteiger partial charge in [0.25, 0.3) is 0 Å². The highest BCUT2D eigenvalue weighted by Gasteiger charge is 2.36. The molecular weight excluding hydrogens is 1000 g/mol. The number of halogens is 14. The van der Waals surface area contributed by atoms with Crippen LogP contribution in [0.1, 0.15) is 46.6 Å². The molecule has 7 rings (SSSR count). The lowest BCUT2D eigenvalue weighted by Crippen LogP contribution is -2.37. The fourth-order valence-electron chi connectivity index (χ4n) is 5.43. The molecule has 0 radical (unpaired) electrons. The van der Waals surface area contributed by atoms with Crippen molar-refractivity contribution >= 4 is 92.3 Å². The number of nitrogens with two attached hydrogens (primary N) is 3. The number of anilines is 4. The fraction of sp³-hybridized carbons (Fsp3) is 0.324. The first-order chi connectivity index (χ1) is 30.7. The summed E-state index contributed by atoms with van der Waals surface area (Å²) in [6.07, 6.45) is -9.42. The zero-order valence-electron chi connectivity index (χ0n) is 33.8. The molecule has 0 spiro atoms. The monoisotopic (exact) mass is 1040 g/mol. The lowest BCUT2D eigenvalue weighted by Gasteiger charge is -2.26. The highest BCUT2D eigenvalue weighted by atomic mass is 35.5. The van der Waals surface area contributed by atoms with Crippen molar-refractivity contribution in [3.05, 3.63) is 109 Å². The Morgan fingerprint density at radius 3 is 1.79 bits per heavy atom. The summed E-state index contributed by atoms with van der Waals surface area (Å²) in [6, 6.07) is 8.04. The van der Waals surface area contributed by atoms with Crippen LogP contribution in [0.15, 0.2) is 49.1 Å². The number of morpholine rings is 1. The number of alkyl halides is 9. The smallest absolute Gasteiger partial charge is 0.383 e. The van der Waals surface area contributed by atoms with Crippen molar-refractivity contribution in [3.8, 4) is 0 Å². The number of aromatic nitrogens is 9. The van der Waals surface area contributed by atoms with Crippen molar-refractivity contribution in [2.75, 3.05) is 55.4 Å². The molecule has 6 heterocycles. The van der Waals surface area contributed by atoms with E-state index in [-0.39, 0.29) is 28.5 Å². The number of hydrogen-bond donors (Lipinski definition) is 4. The normalized spacial score (nSPS) is 13.6. The lowest BCUT2D eigenvalue weighted by molar-refractivity contribution is -0.138. The minimum Gasteiger partial charge on any atom is -0.383 e. The largest absolute Gasteiger partial charge is 0.421 e. The molecule has 0 bridgehead atoms. The molecule has 1 aliphatic heterocycles. The molecule has 1 aromatic carbocycles. The predicted molar refractivity (Wildman–Crippen MR) is 231 cm³/mol. The van der Waals surface area contributed by atoms with Gasteiger partial charge in [0.05, 0.1) is 35.7 Å². The Kier molecular flexibility index (Phi) is 18.7. The van der Waals surface area contributed by atoms with Crippen molar-refractivity contribution in [1.29, 1.82) is 0 Å². The summed E-state index contributed by atoms with van der Waals surface area (Å²) in [5, 5.41) is 4.30. The lowest BCUT2D eigenvalue weighted by atomic mass is 10.0. The molecule has 5 aromatic heterocycles. The summed E-state index contributed by atoms with van der Waals surface area (Å²) in [4.78, 5) is 34.7. The van der Waals surface area contributed by atoms with E-state index in [1.54, 1.807) is 6.20 Å². The number of hydrogen-bond acceptors (Lipinski definition) is 15. The topological polar surface area (TPSA) is 219 Å². The van der Waals surface area contributed by atoms with Gasteiger partial charge in [-0.15, -0.1) is 0 Å². The Bertz CT molecular complexity index is 2440. The molecule has 356 valence electrons. The number of nitrogens with zero attached hydrogens (tertiary/aromatic N) is 10. The maximum absolute atomic E-state index is 12.0. The van der Waals surface area contributed by atoms with Crippen molar-refractivity contribution in [1.82, 2.24) is 49.8 Å². The molecule has 7 N–H and O–H groups in total. The van der Waals surface area contributed by atoms with Crippen LogP contribution in [0.4, 0.5) is 63.0 Å². The average Bonchev–Trinajstić information content (AvgIpc) is 3.21. The number of nitrogens with one attached hydrogen (secondary N) is 1. The van der Waals surface area contributed by atoms with E-state index in [0.717, 1.165) is 77.8 Å². The summed E-state index contributed by atoms with van der Waals surface area (Å²) in [6.45, 7) is 8.45. The zero-order valence-corrected chi connectivity index (χ0v) is 37.6. The second-order valence-corrected chi connectivity index (χ2v) is 15.2. The molecule has 6 aromatic rings. The minimum atomic E-state index is -4.54. The van der Waals surface area contributed by atoms with Gasteiger partial charge in [-0.3, -0.25) is 9.88 Å². The van der Waals surface area contributed by atoms with Crippen LogP contribution in [0, 0.1) is 6.92 Å². The molecule has 15 nitrogen and oxygen atoms in total. The third-order valence-electron chi connectivity index (χ3n) is 8.64. The van der Waals surface area contributed by atoms with E-state index in [1.807, 2.05) is 19.1 Å². The van der Waals surface area contributed by atoms with Crippen LogP contribution in [0.25, 0.3) is 10.8 Å². The Morgan fingerprint density at radius 2 is 1.23 bits per heavy atom. The highest BCUT2D eigenvalue weighted by Crippen LogP contribution is 2.35. The molecule has 0 saturated carbocycles. The molecule has 1 fully saturated rings. The van der Waals surface area contributed by atoms with Crippen LogP contribution in [0.5, 0.6) is 0 Å². The van der Waals surface area contributed by atoms with E-state index in [4.69, 9.17) is 84.9 Å². The molecule has 0 aliphatic carbocycles. The van der Waals surface area contributed by atoms with Gasteiger partial charge in [-0.05, 0) is 54.6 Å². The first-order valence-corrected chi connectivity index (χ1v) is 20.3. The molecule has 0 amide bonds. The van der Waals surface area contributed by atoms with Crippen molar-refractivity contribution in [3.63, 3.8) is 0 Å². The Labute approximate surface area is 393 Å². The number of fused-ring (bicyclic) bond motifs is 1.